The van der Waals surface area contributed by atoms with Gasteiger partial charge >= 0.3 is 5.69 Å². The lowest BCUT2D eigenvalue weighted by Gasteiger charge is -2.18. The van der Waals surface area contributed by atoms with E-state index in [-0.39, 0.29) is 4.64 Å². The number of fused-ring (bicyclic) bond motifs is 1. The second kappa shape index (κ2) is 4.75. The summed E-state index contributed by atoms with van der Waals surface area (Å²) in [4.78, 5) is 14.5. The van der Waals surface area contributed by atoms with Gasteiger partial charge in [-0.3, -0.25) is 14.6 Å². The van der Waals surface area contributed by atoms with Crippen molar-refractivity contribution in [3.8, 4) is 0 Å². The van der Waals surface area contributed by atoms with Gasteiger partial charge in [-0.15, -0.1) is 0 Å². The number of aliphatic hydroxyl groups is 3. The van der Waals surface area contributed by atoms with E-state index in [0.717, 1.165) is 4.57 Å². The van der Waals surface area contributed by atoms with Crippen LogP contribution in [-0.2, 0) is 4.74 Å². The first-order valence-electron chi connectivity index (χ1n) is 5.85. The topological polar surface area (TPSA) is 136 Å². The van der Waals surface area contributed by atoms with E-state index < -0.39 is 36.8 Å². The fourth-order valence-electron chi connectivity index (χ4n) is 2.30. The van der Waals surface area contributed by atoms with Crippen LogP contribution in [0.5, 0.6) is 0 Å². The van der Waals surface area contributed by atoms with Gasteiger partial charge < -0.3 is 20.1 Å². The third kappa shape index (κ3) is 1.81. The molecule has 0 unspecified atom stereocenters. The number of nitrogens with zero attached hydrogens (tertiary/aromatic N) is 2. The highest BCUT2D eigenvalue weighted by atomic mass is 32.1. The first-order valence-corrected chi connectivity index (χ1v) is 6.25. The number of rotatable bonds is 2. The average molecular weight is 300 g/mol. The SMILES string of the molecule is O=c1[nH]c(=S)c2[nH]ncc2n1[C@@H]1O[C@H](CO)[C@@H](O)[C@H]1O. The summed E-state index contributed by atoms with van der Waals surface area (Å²) in [6, 6.07) is 0. The predicted molar refractivity (Wildman–Crippen MR) is 68.5 cm³/mol. The number of nitrogens with one attached hydrogen (secondary N) is 2. The molecule has 1 aliphatic rings. The lowest BCUT2D eigenvalue weighted by atomic mass is 10.1. The zero-order valence-electron chi connectivity index (χ0n) is 10.1. The van der Waals surface area contributed by atoms with Gasteiger partial charge in [-0.2, -0.15) is 5.10 Å². The molecule has 108 valence electrons. The first kappa shape index (κ1) is 13.4. The monoisotopic (exact) mass is 300 g/mol. The molecular formula is C10H12N4O5S. The largest absolute Gasteiger partial charge is 0.394 e. The van der Waals surface area contributed by atoms with Crippen molar-refractivity contribution in [2.75, 3.05) is 6.61 Å². The summed E-state index contributed by atoms with van der Waals surface area (Å²) in [5.41, 5.74) is 0.157. The number of hydrogen-bond donors (Lipinski definition) is 5. The summed E-state index contributed by atoms with van der Waals surface area (Å²) in [6.07, 6.45) is -3.38. The fraction of sp³-hybridized carbons (Fsp3) is 0.500. The van der Waals surface area contributed by atoms with Crippen LogP contribution in [0.15, 0.2) is 11.0 Å². The molecule has 2 aromatic heterocycles. The van der Waals surface area contributed by atoms with Crippen molar-refractivity contribution in [1.29, 1.82) is 0 Å². The third-order valence-electron chi connectivity index (χ3n) is 3.32. The second-order valence-corrected chi connectivity index (χ2v) is 4.90. The molecule has 5 N–H and O–H groups in total. The van der Waals surface area contributed by atoms with E-state index in [0.29, 0.717) is 11.0 Å². The standard InChI is InChI=1S/C10H12N4O5S/c15-2-4-6(16)7(17)9(19-4)14-3-1-11-13-5(3)8(20)12-10(14)18/h1,4,6-7,9,15-17H,2H2,(H,11,13)(H,12,18,20)/t4-,6-,7-,9-/m1/s1. The second-order valence-electron chi connectivity index (χ2n) is 4.49. The molecule has 0 aliphatic carbocycles. The Morgan fingerprint density at radius 2 is 2.20 bits per heavy atom. The van der Waals surface area contributed by atoms with Crippen LogP contribution in [0.3, 0.4) is 0 Å². The van der Waals surface area contributed by atoms with E-state index in [1.54, 1.807) is 0 Å². The van der Waals surface area contributed by atoms with Gasteiger partial charge in [0.2, 0.25) is 0 Å². The van der Waals surface area contributed by atoms with Crippen LogP contribution >= 0.6 is 12.2 Å². The molecule has 0 spiro atoms. The Labute approximate surface area is 116 Å². The molecule has 0 saturated carbocycles. The molecule has 10 heteroatoms. The van der Waals surface area contributed by atoms with E-state index in [1.165, 1.54) is 6.20 Å². The van der Waals surface area contributed by atoms with Crippen LogP contribution in [0, 0.1) is 4.64 Å². The first-order chi connectivity index (χ1) is 9.54. The van der Waals surface area contributed by atoms with Gasteiger partial charge in [-0.05, 0) is 0 Å². The Balaban J connectivity index is 2.18. The maximum atomic E-state index is 12.1. The van der Waals surface area contributed by atoms with Gasteiger partial charge in [-0.25, -0.2) is 4.79 Å². The van der Waals surface area contributed by atoms with Gasteiger partial charge in [0.05, 0.1) is 18.3 Å². The molecule has 0 amide bonds. The number of ether oxygens (including phenoxy) is 1. The molecule has 20 heavy (non-hydrogen) atoms. The minimum Gasteiger partial charge on any atom is -0.394 e. The van der Waals surface area contributed by atoms with Gasteiger partial charge in [0.25, 0.3) is 0 Å². The lowest BCUT2D eigenvalue weighted by molar-refractivity contribution is -0.0527. The number of aromatic amines is 2. The maximum Gasteiger partial charge on any atom is 0.329 e. The van der Waals surface area contributed by atoms with Gasteiger partial charge in [-0.1, -0.05) is 12.2 Å². The van der Waals surface area contributed by atoms with Crippen LogP contribution in [0.25, 0.3) is 11.0 Å². The number of aliphatic hydroxyl groups excluding tert-OH is 3. The quantitative estimate of drug-likeness (QED) is 0.421. The van der Waals surface area contributed by atoms with E-state index in [9.17, 15) is 15.0 Å². The Bertz CT molecular complexity index is 752. The average Bonchev–Trinajstić information content (AvgIpc) is 2.99. The van der Waals surface area contributed by atoms with Crippen molar-refractivity contribution >= 4 is 23.3 Å². The number of aromatic nitrogens is 4. The minimum atomic E-state index is -1.35. The molecule has 2 aromatic rings. The summed E-state index contributed by atoms with van der Waals surface area (Å²) >= 11 is 5.00. The predicted octanol–water partition coefficient (Wildman–Crippen LogP) is -1.61. The molecule has 4 atom stereocenters. The van der Waals surface area contributed by atoms with Gasteiger partial charge in [0, 0.05) is 0 Å². The summed E-state index contributed by atoms with van der Waals surface area (Å²) in [7, 11) is 0. The Kier molecular flexibility index (Phi) is 3.18. The summed E-state index contributed by atoms with van der Waals surface area (Å²) in [5.74, 6) is 0. The minimum absolute atomic E-state index is 0.186. The lowest BCUT2D eigenvalue weighted by Crippen LogP contribution is -2.36. The van der Waals surface area contributed by atoms with Crippen LogP contribution in [0.2, 0.25) is 0 Å². The van der Waals surface area contributed by atoms with Crippen LogP contribution in [-0.4, -0.2) is 60.0 Å². The van der Waals surface area contributed by atoms with Crippen molar-refractivity contribution in [2.24, 2.45) is 0 Å². The molecular weight excluding hydrogens is 288 g/mol. The molecule has 0 aromatic carbocycles. The zero-order valence-corrected chi connectivity index (χ0v) is 10.9. The number of H-pyrrole nitrogens is 2. The molecule has 1 fully saturated rings. The van der Waals surface area contributed by atoms with E-state index in [4.69, 9.17) is 22.1 Å². The van der Waals surface area contributed by atoms with Crippen LogP contribution in [0.1, 0.15) is 6.23 Å². The van der Waals surface area contributed by atoms with Crippen LogP contribution in [0.4, 0.5) is 0 Å². The molecule has 0 radical (unpaired) electrons. The van der Waals surface area contributed by atoms with Gasteiger partial charge in [0.15, 0.2) is 6.23 Å². The Hall–Kier alpha value is -1.59. The van der Waals surface area contributed by atoms with Gasteiger partial charge in [0.1, 0.15) is 28.5 Å². The van der Waals surface area contributed by atoms with Crippen molar-refractivity contribution < 1.29 is 20.1 Å². The molecule has 3 rings (SSSR count). The van der Waals surface area contributed by atoms with Crippen molar-refractivity contribution in [1.82, 2.24) is 19.7 Å². The van der Waals surface area contributed by atoms with E-state index in [2.05, 4.69) is 15.2 Å². The molecule has 1 saturated heterocycles. The summed E-state index contributed by atoms with van der Waals surface area (Å²) in [5, 5.41) is 35.3. The van der Waals surface area contributed by atoms with Crippen molar-refractivity contribution in [3.05, 3.63) is 21.3 Å². The smallest absolute Gasteiger partial charge is 0.329 e. The van der Waals surface area contributed by atoms with E-state index in [1.807, 2.05) is 0 Å². The fourth-order valence-corrected chi connectivity index (χ4v) is 2.54. The van der Waals surface area contributed by atoms with Crippen LogP contribution < -0.4 is 5.69 Å². The molecule has 9 nitrogen and oxygen atoms in total. The normalized spacial score (nSPS) is 30.1. The molecule has 0 bridgehead atoms. The van der Waals surface area contributed by atoms with Crippen molar-refractivity contribution in [3.63, 3.8) is 0 Å². The summed E-state index contributed by atoms with van der Waals surface area (Å²) < 4.78 is 6.63. The third-order valence-corrected chi connectivity index (χ3v) is 3.62. The van der Waals surface area contributed by atoms with E-state index >= 15 is 0 Å². The maximum absolute atomic E-state index is 12.1. The molecule has 1 aliphatic heterocycles. The molecule has 3 heterocycles. The van der Waals surface area contributed by atoms with Crippen molar-refractivity contribution in [2.45, 2.75) is 24.5 Å². The highest BCUT2D eigenvalue weighted by Gasteiger charge is 2.44. The highest BCUT2D eigenvalue weighted by Crippen LogP contribution is 2.29. The Morgan fingerprint density at radius 3 is 2.85 bits per heavy atom. The number of hydrogen-bond acceptors (Lipinski definition) is 7. The zero-order chi connectivity index (χ0) is 14.4. The highest BCUT2D eigenvalue weighted by molar-refractivity contribution is 7.71. The Morgan fingerprint density at radius 1 is 1.45 bits per heavy atom. The summed E-state index contributed by atoms with van der Waals surface area (Å²) in [6.45, 7) is -0.471.